The van der Waals surface area contributed by atoms with Crippen molar-refractivity contribution in [2.45, 2.75) is 6.54 Å². The van der Waals surface area contributed by atoms with Crippen LogP contribution in [0, 0.1) is 0 Å². The van der Waals surface area contributed by atoms with E-state index in [-0.39, 0.29) is 12.6 Å². The fourth-order valence-electron chi connectivity index (χ4n) is 1.22. The lowest BCUT2D eigenvalue weighted by atomic mass is 10.5. The predicted molar refractivity (Wildman–Crippen MR) is 65.4 cm³/mol. The van der Waals surface area contributed by atoms with Crippen LogP contribution in [0.1, 0.15) is 0 Å². The summed E-state index contributed by atoms with van der Waals surface area (Å²) < 4.78 is 1.23. The summed E-state index contributed by atoms with van der Waals surface area (Å²) in [7, 11) is 3.82. The molecule has 100 valence electrons. The van der Waals surface area contributed by atoms with Crippen molar-refractivity contribution in [1.82, 2.24) is 20.0 Å². The lowest BCUT2D eigenvalue weighted by molar-refractivity contribution is -0.137. The molecule has 1 heterocycles. The van der Waals surface area contributed by atoms with Crippen LogP contribution in [0.25, 0.3) is 0 Å². The van der Waals surface area contributed by atoms with Crippen molar-refractivity contribution >= 4 is 17.7 Å². The SMILES string of the molecule is CN(C)CCNC(=O)Nc1cnn(CC(=O)O)c1. The zero-order valence-corrected chi connectivity index (χ0v) is 10.4. The van der Waals surface area contributed by atoms with Gasteiger partial charge in [-0.2, -0.15) is 5.10 Å². The van der Waals surface area contributed by atoms with Crippen molar-refractivity contribution in [1.29, 1.82) is 0 Å². The maximum absolute atomic E-state index is 11.4. The van der Waals surface area contributed by atoms with Gasteiger partial charge in [0.1, 0.15) is 6.54 Å². The summed E-state index contributed by atoms with van der Waals surface area (Å²) in [6, 6.07) is -0.341. The van der Waals surface area contributed by atoms with Gasteiger partial charge in [-0.15, -0.1) is 0 Å². The molecule has 0 aliphatic rings. The number of anilines is 1. The Morgan fingerprint density at radius 3 is 2.83 bits per heavy atom. The molecule has 0 unspecified atom stereocenters. The molecule has 8 nitrogen and oxygen atoms in total. The highest BCUT2D eigenvalue weighted by Crippen LogP contribution is 2.03. The van der Waals surface area contributed by atoms with Gasteiger partial charge in [-0.1, -0.05) is 0 Å². The second-order valence-electron chi connectivity index (χ2n) is 4.00. The number of nitrogens with one attached hydrogen (secondary N) is 2. The van der Waals surface area contributed by atoms with Gasteiger partial charge < -0.3 is 20.6 Å². The number of aromatic nitrogens is 2. The molecule has 0 atom stereocenters. The maximum Gasteiger partial charge on any atom is 0.325 e. The molecule has 1 rings (SSSR count). The molecule has 0 saturated carbocycles. The highest BCUT2D eigenvalue weighted by atomic mass is 16.4. The maximum atomic E-state index is 11.4. The largest absolute Gasteiger partial charge is 0.480 e. The Morgan fingerprint density at radius 1 is 1.50 bits per heavy atom. The molecule has 0 aromatic carbocycles. The number of carboxylic acid groups (broad SMARTS) is 1. The number of nitrogens with zero attached hydrogens (tertiary/aromatic N) is 3. The summed E-state index contributed by atoms with van der Waals surface area (Å²) in [6.07, 6.45) is 2.86. The number of hydrogen-bond donors (Lipinski definition) is 3. The molecule has 0 radical (unpaired) electrons. The van der Waals surface area contributed by atoms with Crippen LogP contribution in [0.4, 0.5) is 10.5 Å². The summed E-state index contributed by atoms with van der Waals surface area (Å²) in [5.74, 6) is -0.986. The monoisotopic (exact) mass is 255 g/mol. The molecular formula is C10H17N5O3. The third-order valence-corrected chi connectivity index (χ3v) is 2.03. The summed E-state index contributed by atoms with van der Waals surface area (Å²) >= 11 is 0. The Kier molecular flexibility index (Phi) is 5.12. The predicted octanol–water partition coefficient (Wildman–Crippen LogP) is -0.349. The van der Waals surface area contributed by atoms with Gasteiger partial charge in [0.15, 0.2) is 0 Å². The van der Waals surface area contributed by atoms with E-state index >= 15 is 0 Å². The van der Waals surface area contributed by atoms with Crippen LogP contribution in [0.15, 0.2) is 12.4 Å². The molecular weight excluding hydrogens is 238 g/mol. The molecule has 1 aromatic rings. The van der Waals surface area contributed by atoms with Crippen LogP contribution in [0.5, 0.6) is 0 Å². The van der Waals surface area contributed by atoms with Gasteiger partial charge in [0, 0.05) is 19.3 Å². The van der Waals surface area contributed by atoms with Gasteiger partial charge in [-0.25, -0.2) is 4.79 Å². The van der Waals surface area contributed by atoms with Crippen LogP contribution < -0.4 is 10.6 Å². The van der Waals surface area contributed by atoms with Crippen LogP contribution in [-0.4, -0.2) is 59.0 Å². The van der Waals surface area contributed by atoms with E-state index in [2.05, 4.69) is 15.7 Å². The second kappa shape index (κ2) is 6.60. The Balaban J connectivity index is 2.35. The molecule has 0 bridgehead atoms. The normalized spacial score (nSPS) is 10.4. The Morgan fingerprint density at radius 2 is 2.22 bits per heavy atom. The summed E-state index contributed by atoms with van der Waals surface area (Å²) in [4.78, 5) is 23.8. The first kappa shape index (κ1) is 14.0. The fourth-order valence-corrected chi connectivity index (χ4v) is 1.22. The van der Waals surface area contributed by atoms with Gasteiger partial charge in [-0.3, -0.25) is 9.48 Å². The number of aliphatic carboxylic acids is 1. The summed E-state index contributed by atoms with van der Waals surface area (Å²) in [6.45, 7) is 1.04. The van der Waals surface area contributed by atoms with Gasteiger partial charge in [0.2, 0.25) is 0 Å². The smallest absolute Gasteiger partial charge is 0.325 e. The number of carboxylic acids is 1. The van der Waals surface area contributed by atoms with E-state index in [4.69, 9.17) is 5.11 Å². The zero-order valence-electron chi connectivity index (χ0n) is 10.4. The minimum atomic E-state index is -0.986. The average molecular weight is 255 g/mol. The third kappa shape index (κ3) is 5.30. The number of hydrogen-bond acceptors (Lipinski definition) is 4. The second-order valence-corrected chi connectivity index (χ2v) is 4.00. The lowest BCUT2D eigenvalue weighted by Crippen LogP contribution is -2.34. The van der Waals surface area contributed by atoms with E-state index < -0.39 is 5.97 Å². The van der Waals surface area contributed by atoms with Gasteiger partial charge >= 0.3 is 12.0 Å². The van der Waals surface area contributed by atoms with Gasteiger partial charge in [0.25, 0.3) is 0 Å². The third-order valence-electron chi connectivity index (χ3n) is 2.03. The molecule has 18 heavy (non-hydrogen) atoms. The molecule has 8 heteroatoms. The fraction of sp³-hybridized carbons (Fsp3) is 0.500. The minimum Gasteiger partial charge on any atom is -0.480 e. The molecule has 3 N–H and O–H groups in total. The van der Waals surface area contributed by atoms with E-state index in [0.29, 0.717) is 12.2 Å². The van der Waals surface area contributed by atoms with Gasteiger partial charge in [-0.05, 0) is 14.1 Å². The topological polar surface area (TPSA) is 99.5 Å². The van der Waals surface area contributed by atoms with Gasteiger partial charge in [0.05, 0.1) is 11.9 Å². The van der Waals surface area contributed by atoms with E-state index in [1.807, 2.05) is 19.0 Å². The van der Waals surface area contributed by atoms with E-state index in [1.165, 1.54) is 17.1 Å². The van der Waals surface area contributed by atoms with Crippen LogP contribution in [-0.2, 0) is 11.3 Å². The highest BCUT2D eigenvalue weighted by Gasteiger charge is 2.05. The first-order valence-electron chi connectivity index (χ1n) is 5.41. The Hall–Kier alpha value is -2.09. The van der Waals surface area contributed by atoms with Crippen molar-refractivity contribution in [2.75, 3.05) is 32.5 Å². The zero-order chi connectivity index (χ0) is 13.5. The number of urea groups is 1. The van der Waals surface area contributed by atoms with Crippen molar-refractivity contribution < 1.29 is 14.7 Å². The number of amides is 2. The van der Waals surface area contributed by atoms with Crippen LogP contribution >= 0.6 is 0 Å². The van der Waals surface area contributed by atoms with Crippen molar-refractivity contribution in [3.63, 3.8) is 0 Å². The standard InChI is InChI=1S/C10H17N5O3/c1-14(2)4-3-11-10(18)13-8-5-12-15(6-8)7-9(16)17/h5-6H,3-4,7H2,1-2H3,(H,16,17)(H2,11,13,18). The quantitative estimate of drug-likeness (QED) is 0.645. The van der Waals surface area contributed by atoms with Crippen molar-refractivity contribution in [3.05, 3.63) is 12.4 Å². The van der Waals surface area contributed by atoms with E-state index in [0.717, 1.165) is 6.54 Å². The minimum absolute atomic E-state index is 0.232. The Bertz CT molecular complexity index is 415. The van der Waals surface area contributed by atoms with E-state index in [9.17, 15) is 9.59 Å². The number of carbonyl (C=O) groups is 2. The molecule has 0 aliphatic carbocycles. The lowest BCUT2D eigenvalue weighted by Gasteiger charge is -2.10. The van der Waals surface area contributed by atoms with Crippen LogP contribution in [0.3, 0.4) is 0 Å². The number of rotatable bonds is 6. The molecule has 0 saturated heterocycles. The Labute approximate surface area is 105 Å². The average Bonchev–Trinajstić information content (AvgIpc) is 2.63. The molecule has 1 aromatic heterocycles. The molecule has 0 spiro atoms. The number of carbonyl (C=O) groups excluding carboxylic acids is 1. The first-order chi connectivity index (χ1) is 8.47. The molecule has 0 fully saturated rings. The summed E-state index contributed by atoms with van der Waals surface area (Å²) in [5, 5.41) is 17.6. The van der Waals surface area contributed by atoms with Crippen LogP contribution in [0.2, 0.25) is 0 Å². The molecule has 0 aliphatic heterocycles. The number of likely N-dealkylation sites (N-methyl/N-ethyl adjacent to an activating group) is 1. The molecule has 2 amide bonds. The van der Waals surface area contributed by atoms with Crippen molar-refractivity contribution in [3.8, 4) is 0 Å². The van der Waals surface area contributed by atoms with E-state index in [1.54, 1.807) is 0 Å². The highest BCUT2D eigenvalue weighted by molar-refractivity contribution is 5.88. The summed E-state index contributed by atoms with van der Waals surface area (Å²) in [5.41, 5.74) is 0.457. The first-order valence-corrected chi connectivity index (χ1v) is 5.41. The van der Waals surface area contributed by atoms with Crippen molar-refractivity contribution in [2.24, 2.45) is 0 Å².